The largest absolute Gasteiger partial charge is 0.156 e. The third kappa shape index (κ3) is 1.39. The van der Waals surface area contributed by atoms with Crippen molar-refractivity contribution in [3.63, 3.8) is 0 Å². The quantitative estimate of drug-likeness (QED) is 0.669. The molecule has 2 nitrogen and oxygen atoms in total. The van der Waals surface area contributed by atoms with E-state index in [0.29, 0.717) is 10.3 Å². The van der Waals surface area contributed by atoms with Gasteiger partial charge in [0.25, 0.3) is 0 Å². The molecule has 1 aliphatic carbocycles. The Labute approximate surface area is 86.3 Å². The molecule has 1 aliphatic rings. The molecular weight excluding hydrogens is 207 g/mol. The van der Waals surface area contributed by atoms with Crippen LogP contribution in [0.25, 0.3) is 0 Å². The molecule has 1 saturated carbocycles. The van der Waals surface area contributed by atoms with Crippen molar-refractivity contribution >= 4 is 23.2 Å². The van der Waals surface area contributed by atoms with Gasteiger partial charge in [-0.15, -0.1) is 16.6 Å². The zero-order valence-corrected chi connectivity index (χ0v) is 8.23. The van der Waals surface area contributed by atoms with Crippen LogP contribution in [0.5, 0.6) is 0 Å². The first-order chi connectivity index (χ1) is 6.18. The molecule has 0 unspecified atom stereocenters. The van der Waals surface area contributed by atoms with Crippen LogP contribution >= 0.6 is 23.2 Å². The Morgan fingerprint density at radius 3 is 2.62 bits per heavy atom. The molecule has 0 aliphatic heterocycles. The predicted octanol–water partition coefficient (Wildman–Crippen LogP) is 2.45. The molecule has 1 aromatic heterocycles. The minimum atomic E-state index is -0.226. The molecule has 1 aromatic rings. The lowest BCUT2D eigenvalue weighted by Crippen LogP contribution is -2.05. The van der Waals surface area contributed by atoms with E-state index in [1.165, 1.54) is 0 Å². The van der Waals surface area contributed by atoms with E-state index in [4.69, 9.17) is 29.6 Å². The number of rotatable bonds is 1. The number of terminal acetylenes is 1. The van der Waals surface area contributed by atoms with E-state index in [-0.39, 0.29) is 5.41 Å². The molecule has 0 aromatic carbocycles. The summed E-state index contributed by atoms with van der Waals surface area (Å²) in [5, 5.41) is 8.05. The van der Waals surface area contributed by atoms with Crippen molar-refractivity contribution in [1.29, 1.82) is 0 Å². The highest BCUT2D eigenvalue weighted by Gasteiger charge is 2.44. The van der Waals surface area contributed by atoms with Crippen LogP contribution in [-0.4, -0.2) is 10.2 Å². The van der Waals surface area contributed by atoms with E-state index < -0.39 is 0 Å². The Kier molecular flexibility index (Phi) is 1.94. The highest BCUT2D eigenvalue weighted by Crippen LogP contribution is 2.49. The Bertz CT molecular complexity index is 391. The molecule has 4 heteroatoms. The first kappa shape index (κ1) is 8.80. The summed E-state index contributed by atoms with van der Waals surface area (Å²) in [6.07, 6.45) is 7.32. The molecule has 0 saturated heterocycles. The Morgan fingerprint density at radius 1 is 1.38 bits per heavy atom. The molecule has 1 heterocycles. The van der Waals surface area contributed by atoms with Crippen molar-refractivity contribution in [2.45, 2.75) is 18.3 Å². The van der Waals surface area contributed by atoms with Crippen LogP contribution in [0.15, 0.2) is 6.07 Å². The summed E-state index contributed by atoms with van der Waals surface area (Å²) in [7, 11) is 0. The summed E-state index contributed by atoms with van der Waals surface area (Å²) in [6, 6.07) is 1.70. The van der Waals surface area contributed by atoms with E-state index in [1.54, 1.807) is 6.07 Å². The minimum Gasteiger partial charge on any atom is -0.137 e. The maximum atomic E-state index is 5.87. The van der Waals surface area contributed by atoms with Gasteiger partial charge in [0.1, 0.15) is 0 Å². The van der Waals surface area contributed by atoms with E-state index in [0.717, 1.165) is 18.4 Å². The van der Waals surface area contributed by atoms with Gasteiger partial charge in [0.05, 0.1) is 5.41 Å². The van der Waals surface area contributed by atoms with Gasteiger partial charge in [0.2, 0.25) is 0 Å². The lowest BCUT2D eigenvalue weighted by atomic mass is 10.00. The molecule has 0 amide bonds. The summed E-state index contributed by atoms with van der Waals surface area (Å²) >= 11 is 11.6. The van der Waals surface area contributed by atoms with Gasteiger partial charge in [0, 0.05) is 5.56 Å². The molecule has 2 rings (SSSR count). The summed E-state index contributed by atoms with van der Waals surface area (Å²) in [4.78, 5) is 0. The molecule has 13 heavy (non-hydrogen) atoms. The van der Waals surface area contributed by atoms with E-state index >= 15 is 0 Å². The van der Waals surface area contributed by atoms with Crippen molar-refractivity contribution in [2.24, 2.45) is 0 Å². The van der Waals surface area contributed by atoms with Gasteiger partial charge in [0.15, 0.2) is 10.3 Å². The van der Waals surface area contributed by atoms with Crippen LogP contribution in [0.4, 0.5) is 0 Å². The third-order valence-electron chi connectivity index (χ3n) is 2.26. The van der Waals surface area contributed by atoms with Crippen molar-refractivity contribution < 1.29 is 0 Å². The SMILES string of the molecule is C#CC1(c2cc(Cl)nnc2Cl)CC1. The topological polar surface area (TPSA) is 25.8 Å². The molecule has 0 N–H and O–H groups in total. The zero-order chi connectivity index (χ0) is 9.47. The van der Waals surface area contributed by atoms with Gasteiger partial charge in [-0.05, 0) is 18.9 Å². The first-order valence-corrected chi connectivity index (χ1v) is 4.60. The van der Waals surface area contributed by atoms with Crippen LogP contribution in [0.2, 0.25) is 10.3 Å². The van der Waals surface area contributed by atoms with Crippen molar-refractivity contribution in [1.82, 2.24) is 10.2 Å². The van der Waals surface area contributed by atoms with Gasteiger partial charge in [-0.3, -0.25) is 0 Å². The van der Waals surface area contributed by atoms with E-state index in [1.807, 2.05) is 0 Å². The Morgan fingerprint density at radius 2 is 2.08 bits per heavy atom. The fourth-order valence-corrected chi connectivity index (χ4v) is 1.73. The number of aromatic nitrogens is 2. The molecule has 0 spiro atoms. The second-order valence-corrected chi connectivity index (χ2v) is 3.84. The first-order valence-electron chi connectivity index (χ1n) is 3.85. The maximum absolute atomic E-state index is 5.87. The van der Waals surface area contributed by atoms with Crippen LogP contribution in [0.3, 0.4) is 0 Å². The maximum Gasteiger partial charge on any atom is 0.156 e. The van der Waals surface area contributed by atoms with E-state index in [2.05, 4.69) is 16.1 Å². The summed E-state index contributed by atoms with van der Waals surface area (Å²) < 4.78 is 0. The second-order valence-electron chi connectivity index (χ2n) is 3.10. The van der Waals surface area contributed by atoms with Crippen LogP contribution in [-0.2, 0) is 5.41 Å². The molecule has 1 fully saturated rings. The monoisotopic (exact) mass is 212 g/mol. The summed E-state index contributed by atoms with van der Waals surface area (Å²) in [5.41, 5.74) is 0.605. The Balaban J connectivity index is 2.52. The van der Waals surface area contributed by atoms with Crippen molar-refractivity contribution in [3.05, 3.63) is 21.9 Å². The number of halogens is 2. The molecule has 0 atom stereocenters. The van der Waals surface area contributed by atoms with Crippen molar-refractivity contribution in [3.8, 4) is 12.3 Å². The third-order valence-corrected chi connectivity index (χ3v) is 2.72. The fraction of sp³-hybridized carbons (Fsp3) is 0.333. The van der Waals surface area contributed by atoms with Gasteiger partial charge >= 0.3 is 0 Å². The standard InChI is InChI=1S/C9H6Cl2N2/c1-2-9(3-4-9)6-5-7(10)12-13-8(6)11/h1,5H,3-4H2. The lowest BCUT2D eigenvalue weighted by molar-refractivity contribution is 0.887. The summed E-state index contributed by atoms with van der Waals surface area (Å²) in [6.45, 7) is 0. The number of hydrogen-bond acceptors (Lipinski definition) is 2. The van der Waals surface area contributed by atoms with Crippen LogP contribution < -0.4 is 0 Å². The highest BCUT2D eigenvalue weighted by atomic mass is 35.5. The van der Waals surface area contributed by atoms with Crippen LogP contribution in [0, 0.1) is 12.3 Å². The van der Waals surface area contributed by atoms with Gasteiger partial charge in [-0.25, -0.2) is 0 Å². The molecular formula is C9H6Cl2N2. The molecule has 66 valence electrons. The van der Waals surface area contributed by atoms with Gasteiger partial charge in [-0.2, -0.15) is 0 Å². The smallest absolute Gasteiger partial charge is 0.137 e. The minimum absolute atomic E-state index is 0.226. The normalized spacial score (nSPS) is 17.9. The lowest BCUT2D eigenvalue weighted by Gasteiger charge is -2.08. The van der Waals surface area contributed by atoms with Crippen molar-refractivity contribution in [2.75, 3.05) is 0 Å². The van der Waals surface area contributed by atoms with Gasteiger partial charge in [-0.1, -0.05) is 29.1 Å². The number of nitrogens with zero attached hydrogens (tertiary/aromatic N) is 2. The number of hydrogen-bond donors (Lipinski definition) is 0. The Hall–Kier alpha value is -0.780. The molecule has 0 bridgehead atoms. The highest BCUT2D eigenvalue weighted by molar-refractivity contribution is 6.31. The summed E-state index contributed by atoms with van der Waals surface area (Å²) in [5.74, 6) is 2.73. The second kappa shape index (κ2) is 2.87. The molecule has 0 radical (unpaired) electrons. The average molecular weight is 213 g/mol. The fourth-order valence-electron chi connectivity index (χ4n) is 1.31. The predicted molar refractivity (Wildman–Crippen MR) is 51.8 cm³/mol. The zero-order valence-electron chi connectivity index (χ0n) is 6.72. The average Bonchev–Trinajstić information content (AvgIpc) is 2.90. The van der Waals surface area contributed by atoms with Crippen LogP contribution in [0.1, 0.15) is 18.4 Å². The van der Waals surface area contributed by atoms with Gasteiger partial charge < -0.3 is 0 Å². The van der Waals surface area contributed by atoms with E-state index in [9.17, 15) is 0 Å².